The molecule has 0 bridgehead atoms. The molecule has 2 amide bonds. The first kappa shape index (κ1) is 13.2. The molecule has 0 aliphatic carbocycles. The molecule has 1 aliphatic heterocycles. The summed E-state index contributed by atoms with van der Waals surface area (Å²) in [6.07, 6.45) is 1.39. The van der Waals surface area contributed by atoms with Gasteiger partial charge in [0.2, 0.25) is 0 Å². The van der Waals surface area contributed by atoms with Gasteiger partial charge in [-0.05, 0) is 25.3 Å². The van der Waals surface area contributed by atoms with E-state index < -0.39 is 9.84 Å². The fourth-order valence-electron chi connectivity index (χ4n) is 1.64. The Morgan fingerprint density at radius 1 is 1.38 bits per heavy atom. The number of hydrogen-bond acceptors (Lipinski definition) is 4. The Kier molecular flexibility index (Phi) is 5.01. The van der Waals surface area contributed by atoms with Crippen molar-refractivity contribution in [2.45, 2.75) is 12.8 Å². The van der Waals surface area contributed by atoms with Gasteiger partial charge in [0.15, 0.2) is 9.84 Å². The summed E-state index contributed by atoms with van der Waals surface area (Å²) in [4.78, 5) is 11.2. The average Bonchev–Trinajstić information content (AvgIpc) is 2.56. The van der Waals surface area contributed by atoms with Gasteiger partial charge in [0, 0.05) is 13.1 Å². The summed E-state index contributed by atoms with van der Waals surface area (Å²) in [6, 6.07) is -0.252. The number of nitrogens with one attached hydrogen (secondary N) is 2. The maximum Gasteiger partial charge on any atom is 0.314 e. The van der Waals surface area contributed by atoms with Gasteiger partial charge in [-0.25, -0.2) is 13.2 Å². The van der Waals surface area contributed by atoms with Crippen LogP contribution in [0.2, 0.25) is 0 Å². The quantitative estimate of drug-likeness (QED) is 0.548. The molecule has 0 spiro atoms. The standard InChI is InChI=1S/C9H19N3O3S/c10-3-1-4-11-9(13)12-6-8-2-5-16(14,15)7-8/h8H,1-7,10H2,(H2,11,12,13). The van der Waals surface area contributed by atoms with E-state index in [-0.39, 0.29) is 23.5 Å². The van der Waals surface area contributed by atoms with Gasteiger partial charge in [-0.2, -0.15) is 0 Å². The lowest BCUT2D eigenvalue weighted by Crippen LogP contribution is -2.39. The van der Waals surface area contributed by atoms with Crippen LogP contribution >= 0.6 is 0 Å². The molecule has 1 fully saturated rings. The van der Waals surface area contributed by atoms with Crippen LogP contribution in [0.5, 0.6) is 0 Å². The first-order valence-corrected chi connectivity index (χ1v) is 7.28. The van der Waals surface area contributed by atoms with E-state index in [0.717, 1.165) is 6.42 Å². The molecule has 6 nitrogen and oxygen atoms in total. The third kappa shape index (κ3) is 4.80. The highest BCUT2D eigenvalue weighted by Crippen LogP contribution is 2.17. The van der Waals surface area contributed by atoms with Crippen LogP contribution in [0.25, 0.3) is 0 Å². The molecule has 0 radical (unpaired) electrons. The van der Waals surface area contributed by atoms with Gasteiger partial charge < -0.3 is 16.4 Å². The molecule has 1 aliphatic rings. The number of carbonyl (C=O) groups is 1. The molecule has 1 atom stereocenters. The minimum atomic E-state index is -2.85. The molecule has 16 heavy (non-hydrogen) atoms. The summed E-state index contributed by atoms with van der Waals surface area (Å²) in [5.41, 5.74) is 5.28. The lowest BCUT2D eigenvalue weighted by molar-refractivity contribution is 0.239. The SMILES string of the molecule is NCCCNC(=O)NCC1CCS(=O)(=O)C1. The second-order valence-corrected chi connectivity index (χ2v) is 6.28. The molecule has 7 heteroatoms. The lowest BCUT2D eigenvalue weighted by Gasteiger charge is -2.10. The Labute approximate surface area is 95.9 Å². The number of amides is 2. The molecule has 0 saturated carbocycles. The number of hydrogen-bond donors (Lipinski definition) is 3. The second-order valence-electron chi connectivity index (χ2n) is 4.05. The van der Waals surface area contributed by atoms with E-state index in [4.69, 9.17) is 5.73 Å². The largest absolute Gasteiger partial charge is 0.338 e. The molecule has 1 rings (SSSR count). The zero-order valence-electron chi connectivity index (χ0n) is 9.24. The zero-order chi connectivity index (χ0) is 12.0. The number of rotatable bonds is 5. The van der Waals surface area contributed by atoms with E-state index in [1.54, 1.807) is 0 Å². The third-order valence-corrected chi connectivity index (χ3v) is 4.38. The smallest absolute Gasteiger partial charge is 0.314 e. The zero-order valence-corrected chi connectivity index (χ0v) is 10.1. The van der Waals surface area contributed by atoms with Crippen LogP contribution in [0.3, 0.4) is 0 Å². The average molecular weight is 249 g/mol. The fourth-order valence-corrected chi connectivity index (χ4v) is 3.50. The molecule has 0 aromatic carbocycles. The van der Waals surface area contributed by atoms with Crippen molar-refractivity contribution >= 4 is 15.9 Å². The van der Waals surface area contributed by atoms with Gasteiger partial charge in [0.1, 0.15) is 0 Å². The number of carbonyl (C=O) groups excluding carboxylic acids is 1. The van der Waals surface area contributed by atoms with Gasteiger partial charge in [0.25, 0.3) is 0 Å². The van der Waals surface area contributed by atoms with E-state index in [2.05, 4.69) is 10.6 Å². The van der Waals surface area contributed by atoms with Crippen LogP contribution in [-0.2, 0) is 9.84 Å². The second kappa shape index (κ2) is 6.05. The Balaban J connectivity index is 2.13. The summed E-state index contributed by atoms with van der Waals surface area (Å²) in [7, 11) is -2.85. The molecule has 1 unspecified atom stereocenters. The summed E-state index contributed by atoms with van der Waals surface area (Å²) < 4.78 is 22.3. The van der Waals surface area contributed by atoms with Gasteiger partial charge >= 0.3 is 6.03 Å². The van der Waals surface area contributed by atoms with E-state index in [1.165, 1.54) is 0 Å². The predicted octanol–water partition coefficient (Wildman–Crippen LogP) is -0.931. The Morgan fingerprint density at radius 2 is 2.12 bits per heavy atom. The summed E-state index contributed by atoms with van der Waals surface area (Å²) in [6.45, 7) is 1.51. The Bertz CT molecular complexity index is 329. The van der Waals surface area contributed by atoms with Gasteiger partial charge in [-0.3, -0.25) is 0 Å². The van der Waals surface area contributed by atoms with Crippen LogP contribution < -0.4 is 16.4 Å². The molecule has 1 heterocycles. The molecule has 0 aromatic rings. The van der Waals surface area contributed by atoms with Gasteiger partial charge in [-0.15, -0.1) is 0 Å². The van der Waals surface area contributed by atoms with Crippen molar-refractivity contribution in [3.63, 3.8) is 0 Å². The molecule has 1 saturated heterocycles. The van der Waals surface area contributed by atoms with Gasteiger partial charge in [-0.1, -0.05) is 0 Å². The Hall–Kier alpha value is -0.820. The van der Waals surface area contributed by atoms with Crippen molar-refractivity contribution in [1.82, 2.24) is 10.6 Å². The fraction of sp³-hybridized carbons (Fsp3) is 0.889. The van der Waals surface area contributed by atoms with Crippen molar-refractivity contribution in [3.05, 3.63) is 0 Å². The van der Waals surface area contributed by atoms with Crippen LogP contribution in [0.15, 0.2) is 0 Å². The highest BCUT2D eigenvalue weighted by atomic mass is 32.2. The molecule has 94 valence electrons. The number of nitrogens with two attached hydrogens (primary N) is 1. The monoisotopic (exact) mass is 249 g/mol. The predicted molar refractivity (Wildman–Crippen MR) is 61.8 cm³/mol. The van der Waals surface area contributed by atoms with E-state index in [1.807, 2.05) is 0 Å². The van der Waals surface area contributed by atoms with E-state index in [0.29, 0.717) is 26.1 Å². The van der Waals surface area contributed by atoms with Crippen LogP contribution in [0.4, 0.5) is 4.79 Å². The molecule has 0 aromatic heterocycles. The van der Waals surface area contributed by atoms with Crippen LogP contribution in [-0.4, -0.2) is 45.6 Å². The van der Waals surface area contributed by atoms with Crippen molar-refractivity contribution < 1.29 is 13.2 Å². The van der Waals surface area contributed by atoms with Crippen molar-refractivity contribution in [2.24, 2.45) is 11.7 Å². The highest BCUT2D eigenvalue weighted by molar-refractivity contribution is 7.91. The summed E-state index contributed by atoms with van der Waals surface area (Å²) >= 11 is 0. The molecular formula is C9H19N3O3S. The van der Waals surface area contributed by atoms with E-state index >= 15 is 0 Å². The maximum atomic E-state index is 11.2. The highest BCUT2D eigenvalue weighted by Gasteiger charge is 2.27. The first-order chi connectivity index (χ1) is 7.53. The first-order valence-electron chi connectivity index (χ1n) is 5.45. The minimum absolute atomic E-state index is 0.0604. The Morgan fingerprint density at radius 3 is 2.69 bits per heavy atom. The molecule has 4 N–H and O–H groups in total. The van der Waals surface area contributed by atoms with Crippen LogP contribution in [0, 0.1) is 5.92 Å². The van der Waals surface area contributed by atoms with Gasteiger partial charge in [0.05, 0.1) is 11.5 Å². The van der Waals surface area contributed by atoms with Crippen molar-refractivity contribution in [1.29, 1.82) is 0 Å². The molecular weight excluding hydrogens is 230 g/mol. The van der Waals surface area contributed by atoms with Crippen molar-refractivity contribution in [3.8, 4) is 0 Å². The lowest BCUT2D eigenvalue weighted by atomic mass is 10.1. The summed E-state index contributed by atoms with van der Waals surface area (Å²) in [5.74, 6) is 0.495. The normalized spacial score (nSPS) is 22.9. The maximum absolute atomic E-state index is 11.2. The minimum Gasteiger partial charge on any atom is -0.338 e. The van der Waals surface area contributed by atoms with E-state index in [9.17, 15) is 13.2 Å². The number of urea groups is 1. The van der Waals surface area contributed by atoms with Crippen LogP contribution in [0.1, 0.15) is 12.8 Å². The topological polar surface area (TPSA) is 101 Å². The summed E-state index contributed by atoms with van der Waals surface area (Å²) in [5, 5.41) is 5.31. The van der Waals surface area contributed by atoms with Crippen molar-refractivity contribution in [2.75, 3.05) is 31.1 Å². The number of sulfone groups is 1. The third-order valence-electron chi connectivity index (χ3n) is 2.54.